The van der Waals surface area contributed by atoms with Crippen molar-refractivity contribution in [1.29, 1.82) is 0 Å². The third kappa shape index (κ3) is 3.82. The van der Waals surface area contributed by atoms with Crippen molar-refractivity contribution in [1.82, 2.24) is 10.6 Å². The van der Waals surface area contributed by atoms with Crippen molar-refractivity contribution in [2.24, 2.45) is 5.92 Å². The van der Waals surface area contributed by atoms with Crippen molar-refractivity contribution in [2.75, 3.05) is 20.6 Å². The molecule has 0 amide bonds. The monoisotopic (exact) mass is 248 g/mol. The lowest BCUT2D eigenvalue weighted by Gasteiger charge is -2.26. The third-order valence-corrected chi connectivity index (χ3v) is 3.74. The van der Waals surface area contributed by atoms with Gasteiger partial charge in [-0.2, -0.15) is 0 Å². The molecule has 0 heterocycles. The highest BCUT2D eigenvalue weighted by molar-refractivity contribution is 5.27. The van der Waals surface area contributed by atoms with Crippen molar-refractivity contribution < 1.29 is 0 Å². The molecular weight excluding hydrogens is 220 g/mol. The van der Waals surface area contributed by atoms with Gasteiger partial charge >= 0.3 is 0 Å². The first-order valence-corrected chi connectivity index (χ1v) is 7.05. The van der Waals surface area contributed by atoms with Crippen LogP contribution in [0.4, 0.5) is 0 Å². The molecule has 0 spiro atoms. The molecule has 0 saturated carbocycles. The summed E-state index contributed by atoms with van der Waals surface area (Å²) in [5, 5.41) is 6.76. The van der Waals surface area contributed by atoms with Crippen LogP contribution >= 0.6 is 0 Å². The molecule has 0 aliphatic rings. The summed E-state index contributed by atoms with van der Waals surface area (Å²) in [6.07, 6.45) is 1.18. The smallest absolute Gasteiger partial charge is 0.0358 e. The number of hydrogen-bond acceptors (Lipinski definition) is 2. The second-order valence-electron chi connectivity index (χ2n) is 5.31. The zero-order valence-corrected chi connectivity index (χ0v) is 12.5. The second-order valence-corrected chi connectivity index (χ2v) is 5.31. The maximum atomic E-state index is 3.46. The summed E-state index contributed by atoms with van der Waals surface area (Å²) in [7, 11) is 4.08. The van der Waals surface area contributed by atoms with Crippen molar-refractivity contribution in [3.8, 4) is 0 Å². The summed E-state index contributed by atoms with van der Waals surface area (Å²) in [6.45, 7) is 7.78. The van der Waals surface area contributed by atoms with E-state index >= 15 is 0 Å². The number of hydrogen-bond donors (Lipinski definition) is 2. The van der Waals surface area contributed by atoms with Crippen LogP contribution in [0.3, 0.4) is 0 Å². The molecule has 2 heteroatoms. The van der Waals surface area contributed by atoms with Gasteiger partial charge in [-0.15, -0.1) is 0 Å². The fourth-order valence-corrected chi connectivity index (χ4v) is 2.52. The van der Waals surface area contributed by atoms with Gasteiger partial charge in [0.15, 0.2) is 0 Å². The SMILES string of the molecule is CCC(CNC)C(NC)c1ccc(C(C)C)cc1. The predicted molar refractivity (Wildman–Crippen MR) is 80.0 cm³/mol. The predicted octanol–water partition coefficient (Wildman–Crippen LogP) is 3.32. The summed E-state index contributed by atoms with van der Waals surface area (Å²) in [6, 6.07) is 9.50. The van der Waals surface area contributed by atoms with Crippen molar-refractivity contribution in [3.63, 3.8) is 0 Å². The zero-order chi connectivity index (χ0) is 13.5. The molecule has 2 nitrogen and oxygen atoms in total. The minimum Gasteiger partial charge on any atom is -0.319 e. The van der Waals surface area contributed by atoms with E-state index < -0.39 is 0 Å². The second kappa shape index (κ2) is 7.55. The fraction of sp³-hybridized carbons (Fsp3) is 0.625. The summed E-state index contributed by atoms with van der Waals surface area (Å²) in [5.74, 6) is 1.23. The molecule has 0 radical (unpaired) electrons. The molecule has 0 bridgehead atoms. The highest BCUT2D eigenvalue weighted by Crippen LogP contribution is 2.25. The summed E-state index contributed by atoms with van der Waals surface area (Å²) in [4.78, 5) is 0. The summed E-state index contributed by atoms with van der Waals surface area (Å²) < 4.78 is 0. The lowest BCUT2D eigenvalue weighted by atomic mass is 9.89. The van der Waals surface area contributed by atoms with Gasteiger partial charge in [0.05, 0.1) is 0 Å². The molecule has 0 fully saturated rings. The Hall–Kier alpha value is -0.860. The third-order valence-electron chi connectivity index (χ3n) is 3.74. The minimum atomic E-state index is 0.434. The van der Waals surface area contributed by atoms with Gasteiger partial charge in [-0.1, -0.05) is 51.5 Å². The lowest BCUT2D eigenvalue weighted by molar-refractivity contribution is 0.359. The number of benzene rings is 1. The Morgan fingerprint density at radius 3 is 1.94 bits per heavy atom. The van der Waals surface area contributed by atoms with Crippen LogP contribution < -0.4 is 10.6 Å². The Morgan fingerprint density at radius 2 is 1.56 bits per heavy atom. The van der Waals surface area contributed by atoms with Gasteiger partial charge in [0.2, 0.25) is 0 Å². The van der Waals surface area contributed by atoms with Crippen LogP contribution in [0.15, 0.2) is 24.3 Å². The molecule has 102 valence electrons. The van der Waals surface area contributed by atoms with Gasteiger partial charge in [0, 0.05) is 6.04 Å². The van der Waals surface area contributed by atoms with Gasteiger partial charge in [0.1, 0.15) is 0 Å². The van der Waals surface area contributed by atoms with Gasteiger partial charge in [-0.05, 0) is 43.6 Å². The Balaban J connectivity index is 2.87. The maximum Gasteiger partial charge on any atom is 0.0358 e. The average molecular weight is 248 g/mol. The maximum absolute atomic E-state index is 3.46. The lowest BCUT2D eigenvalue weighted by Crippen LogP contribution is -2.31. The van der Waals surface area contributed by atoms with Crippen molar-refractivity contribution in [3.05, 3.63) is 35.4 Å². The van der Waals surface area contributed by atoms with E-state index in [0.717, 1.165) is 6.54 Å². The van der Waals surface area contributed by atoms with Gasteiger partial charge in [0.25, 0.3) is 0 Å². The minimum absolute atomic E-state index is 0.434. The van der Waals surface area contributed by atoms with E-state index in [1.807, 2.05) is 7.05 Å². The number of nitrogens with one attached hydrogen (secondary N) is 2. The van der Waals surface area contributed by atoms with E-state index in [-0.39, 0.29) is 0 Å². The van der Waals surface area contributed by atoms with Crippen LogP contribution in [0.2, 0.25) is 0 Å². The van der Waals surface area contributed by atoms with E-state index in [9.17, 15) is 0 Å². The molecule has 0 aliphatic heterocycles. The van der Waals surface area contributed by atoms with Crippen molar-refractivity contribution in [2.45, 2.75) is 39.2 Å². The standard InChI is InChI=1S/C16H28N2/c1-6-13(11-17-4)16(18-5)15-9-7-14(8-10-15)12(2)3/h7-10,12-13,16-18H,6,11H2,1-5H3. The molecule has 1 aromatic rings. The molecule has 0 saturated heterocycles. The first-order chi connectivity index (χ1) is 8.63. The Morgan fingerprint density at radius 1 is 1.00 bits per heavy atom. The van der Waals surface area contributed by atoms with Crippen molar-refractivity contribution >= 4 is 0 Å². The molecule has 1 rings (SSSR count). The van der Waals surface area contributed by atoms with E-state index in [1.54, 1.807) is 0 Å². The van der Waals surface area contributed by atoms with Crippen LogP contribution in [0.1, 0.15) is 50.3 Å². The van der Waals surface area contributed by atoms with Crippen LogP contribution in [-0.4, -0.2) is 20.6 Å². The number of rotatable bonds is 7. The molecule has 1 aromatic carbocycles. The summed E-state index contributed by atoms with van der Waals surface area (Å²) in [5.41, 5.74) is 2.80. The highest BCUT2D eigenvalue weighted by Gasteiger charge is 2.19. The van der Waals surface area contributed by atoms with Crippen LogP contribution in [-0.2, 0) is 0 Å². The first kappa shape index (κ1) is 15.2. The van der Waals surface area contributed by atoms with Crippen LogP contribution in [0, 0.1) is 5.92 Å². The van der Waals surface area contributed by atoms with E-state index in [0.29, 0.717) is 17.9 Å². The average Bonchev–Trinajstić information content (AvgIpc) is 2.39. The van der Waals surface area contributed by atoms with E-state index in [1.165, 1.54) is 17.5 Å². The Labute approximate surface area is 112 Å². The van der Waals surface area contributed by atoms with E-state index in [2.05, 4.69) is 62.7 Å². The highest BCUT2D eigenvalue weighted by atomic mass is 14.9. The molecule has 0 aromatic heterocycles. The molecule has 18 heavy (non-hydrogen) atoms. The normalized spacial score (nSPS) is 14.8. The molecule has 0 aliphatic carbocycles. The molecule has 2 atom stereocenters. The zero-order valence-electron chi connectivity index (χ0n) is 12.5. The van der Waals surface area contributed by atoms with Gasteiger partial charge in [-0.3, -0.25) is 0 Å². The van der Waals surface area contributed by atoms with E-state index in [4.69, 9.17) is 0 Å². The first-order valence-electron chi connectivity index (χ1n) is 7.05. The Bertz CT molecular complexity index is 329. The fourth-order valence-electron chi connectivity index (χ4n) is 2.52. The van der Waals surface area contributed by atoms with Crippen LogP contribution in [0.5, 0.6) is 0 Å². The van der Waals surface area contributed by atoms with Gasteiger partial charge in [-0.25, -0.2) is 0 Å². The summed E-state index contributed by atoms with van der Waals surface area (Å²) >= 11 is 0. The molecular formula is C16H28N2. The molecule has 2 N–H and O–H groups in total. The van der Waals surface area contributed by atoms with Crippen LogP contribution in [0.25, 0.3) is 0 Å². The quantitative estimate of drug-likeness (QED) is 0.773. The topological polar surface area (TPSA) is 24.1 Å². The Kier molecular flexibility index (Phi) is 6.37. The largest absolute Gasteiger partial charge is 0.319 e. The molecule has 2 unspecified atom stereocenters. The van der Waals surface area contributed by atoms with Gasteiger partial charge < -0.3 is 10.6 Å².